The third-order valence-electron chi connectivity index (χ3n) is 3.34. The van der Waals surface area contributed by atoms with Crippen LogP contribution in [0.2, 0.25) is 0 Å². The van der Waals surface area contributed by atoms with Gasteiger partial charge >= 0.3 is 0 Å². The van der Waals surface area contributed by atoms with Crippen LogP contribution in [0.15, 0.2) is 54.7 Å². The molecule has 2 heterocycles. The number of nitrogens with one attached hydrogen (secondary N) is 1. The molecule has 0 spiro atoms. The van der Waals surface area contributed by atoms with Crippen LogP contribution >= 0.6 is 0 Å². The number of hydrogen-bond acceptors (Lipinski definition) is 4. The Morgan fingerprint density at radius 2 is 1.95 bits per heavy atom. The van der Waals surface area contributed by atoms with Crippen LogP contribution in [0.5, 0.6) is 0 Å². The van der Waals surface area contributed by atoms with Crippen molar-refractivity contribution in [2.75, 3.05) is 11.9 Å². The molecule has 1 N–H and O–H groups in total. The lowest BCUT2D eigenvalue weighted by Gasteiger charge is -2.16. The maximum atomic E-state index is 8.91. The zero-order chi connectivity index (χ0) is 15.4. The lowest BCUT2D eigenvalue weighted by atomic mass is 10.2. The summed E-state index contributed by atoms with van der Waals surface area (Å²) in [7, 11) is 1.92. The van der Waals surface area contributed by atoms with Crippen molar-refractivity contribution in [2.45, 2.75) is 6.54 Å². The summed E-state index contributed by atoms with van der Waals surface area (Å²) in [5, 5.41) is 8.91. The monoisotopic (exact) mass is 289 g/mol. The van der Waals surface area contributed by atoms with Crippen molar-refractivity contribution in [3.63, 3.8) is 0 Å². The molecule has 0 bridgehead atoms. The van der Waals surface area contributed by atoms with E-state index in [0.29, 0.717) is 12.2 Å². The minimum Gasteiger partial charge on any atom is -0.352 e. The Hall–Kier alpha value is -3.13. The molecule has 108 valence electrons. The molecule has 0 saturated heterocycles. The highest BCUT2D eigenvalue weighted by molar-refractivity contribution is 5.58. The number of pyridine rings is 1. The van der Waals surface area contributed by atoms with Crippen LogP contribution in [-0.2, 0) is 6.54 Å². The van der Waals surface area contributed by atoms with Gasteiger partial charge in [0.1, 0.15) is 23.4 Å². The molecule has 0 aliphatic heterocycles. The molecular formula is C17H15N5. The summed E-state index contributed by atoms with van der Waals surface area (Å²) >= 11 is 0. The fourth-order valence-corrected chi connectivity index (χ4v) is 2.21. The molecule has 0 atom stereocenters. The second-order valence-corrected chi connectivity index (χ2v) is 4.96. The molecule has 2 aromatic heterocycles. The van der Waals surface area contributed by atoms with E-state index < -0.39 is 0 Å². The van der Waals surface area contributed by atoms with Crippen molar-refractivity contribution < 1.29 is 0 Å². The summed E-state index contributed by atoms with van der Waals surface area (Å²) in [6.45, 7) is 0.592. The van der Waals surface area contributed by atoms with Gasteiger partial charge in [0.15, 0.2) is 0 Å². The molecule has 0 amide bonds. The van der Waals surface area contributed by atoms with Gasteiger partial charge in [-0.05, 0) is 17.7 Å². The Labute approximate surface area is 128 Å². The van der Waals surface area contributed by atoms with Crippen molar-refractivity contribution >= 4 is 5.82 Å². The van der Waals surface area contributed by atoms with E-state index in [-0.39, 0.29) is 0 Å². The van der Waals surface area contributed by atoms with Gasteiger partial charge in [0.2, 0.25) is 0 Å². The number of benzene rings is 1. The third kappa shape index (κ3) is 2.96. The molecule has 3 rings (SSSR count). The quantitative estimate of drug-likeness (QED) is 0.801. The zero-order valence-corrected chi connectivity index (χ0v) is 12.2. The molecule has 3 aromatic rings. The lowest BCUT2D eigenvalue weighted by Crippen LogP contribution is -2.18. The number of aromatic nitrogens is 3. The van der Waals surface area contributed by atoms with Gasteiger partial charge in [0.25, 0.3) is 0 Å². The van der Waals surface area contributed by atoms with E-state index in [1.54, 1.807) is 6.07 Å². The second kappa shape index (κ2) is 6.10. The molecule has 0 radical (unpaired) electrons. The predicted molar refractivity (Wildman–Crippen MR) is 85.1 cm³/mol. The van der Waals surface area contributed by atoms with E-state index >= 15 is 0 Å². The Kier molecular flexibility index (Phi) is 3.84. The minimum atomic E-state index is 0.411. The molecular weight excluding hydrogens is 274 g/mol. The van der Waals surface area contributed by atoms with Gasteiger partial charge in [0.05, 0.1) is 18.4 Å². The van der Waals surface area contributed by atoms with E-state index in [0.717, 1.165) is 22.9 Å². The molecule has 5 heteroatoms. The number of nitriles is 1. The van der Waals surface area contributed by atoms with E-state index in [2.05, 4.69) is 21.0 Å². The summed E-state index contributed by atoms with van der Waals surface area (Å²) in [5.74, 6) is 1.60. The molecule has 0 unspecified atom stereocenters. The van der Waals surface area contributed by atoms with Gasteiger partial charge in [-0.3, -0.25) is 0 Å². The maximum absolute atomic E-state index is 8.91. The highest BCUT2D eigenvalue weighted by Crippen LogP contribution is 2.17. The van der Waals surface area contributed by atoms with E-state index in [1.165, 1.54) is 0 Å². The fraction of sp³-hybridized carbons (Fsp3) is 0.118. The lowest BCUT2D eigenvalue weighted by molar-refractivity contribution is 0.842. The number of imidazole rings is 1. The molecule has 1 aromatic carbocycles. The third-order valence-corrected chi connectivity index (χ3v) is 3.34. The first-order chi connectivity index (χ1) is 10.8. The molecule has 5 nitrogen and oxygen atoms in total. The van der Waals surface area contributed by atoms with Gasteiger partial charge in [-0.2, -0.15) is 5.26 Å². The Balaban J connectivity index is 1.76. The smallest absolute Gasteiger partial charge is 0.142 e. The Morgan fingerprint density at radius 1 is 1.14 bits per heavy atom. The van der Waals surface area contributed by atoms with Crippen LogP contribution in [0, 0.1) is 11.3 Å². The highest BCUT2D eigenvalue weighted by atomic mass is 15.2. The standard InChI is InChI=1S/C17H15N5/c1-22(17-9-5-8-14(10-18)20-17)12-16-19-11-15(21-16)13-6-3-2-4-7-13/h2-9,11H,12H2,1H3,(H,19,21). The summed E-state index contributed by atoms with van der Waals surface area (Å²) in [4.78, 5) is 14.0. The molecule has 0 aliphatic rings. The van der Waals surface area contributed by atoms with Crippen LogP contribution in [0.3, 0.4) is 0 Å². The number of hydrogen-bond donors (Lipinski definition) is 1. The number of nitrogens with zero attached hydrogens (tertiary/aromatic N) is 4. The summed E-state index contributed by atoms with van der Waals surface area (Å²) < 4.78 is 0. The SMILES string of the molecule is CN(Cc1ncc(-c2ccccc2)[nH]1)c1cccc(C#N)n1. The van der Waals surface area contributed by atoms with E-state index in [4.69, 9.17) is 5.26 Å². The van der Waals surface area contributed by atoms with Crippen molar-refractivity contribution in [3.8, 4) is 17.3 Å². The largest absolute Gasteiger partial charge is 0.352 e. The van der Waals surface area contributed by atoms with Gasteiger partial charge in [-0.15, -0.1) is 0 Å². The van der Waals surface area contributed by atoms with Gasteiger partial charge < -0.3 is 9.88 Å². The average molecular weight is 289 g/mol. The van der Waals surface area contributed by atoms with Gasteiger partial charge in [0, 0.05) is 7.05 Å². The normalized spacial score (nSPS) is 10.2. The predicted octanol–water partition coefficient (Wildman–Crippen LogP) is 2.98. The van der Waals surface area contributed by atoms with Crippen LogP contribution in [0.4, 0.5) is 5.82 Å². The molecule has 0 fully saturated rings. The number of aromatic amines is 1. The van der Waals surface area contributed by atoms with Crippen LogP contribution in [-0.4, -0.2) is 22.0 Å². The highest BCUT2D eigenvalue weighted by Gasteiger charge is 2.08. The minimum absolute atomic E-state index is 0.411. The number of H-pyrrole nitrogens is 1. The maximum Gasteiger partial charge on any atom is 0.142 e. The fourth-order valence-electron chi connectivity index (χ4n) is 2.21. The van der Waals surface area contributed by atoms with Gasteiger partial charge in [-0.25, -0.2) is 9.97 Å². The van der Waals surface area contributed by atoms with Gasteiger partial charge in [-0.1, -0.05) is 36.4 Å². The first kappa shape index (κ1) is 13.8. The van der Waals surface area contributed by atoms with Crippen LogP contribution < -0.4 is 4.90 Å². The molecule has 0 aliphatic carbocycles. The Morgan fingerprint density at radius 3 is 2.73 bits per heavy atom. The molecule has 0 saturated carbocycles. The summed E-state index contributed by atoms with van der Waals surface area (Å²) in [6.07, 6.45) is 1.83. The number of rotatable bonds is 4. The number of anilines is 1. The topological polar surface area (TPSA) is 68.6 Å². The second-order valence-electron chi connectivity index (χ2n) is 4.96. The van der Waals surface area contributed by atoms with E-state index in [9.17, 15) is 0 Å². The van der Waals surface area contributed by atoms with Crippen molar-refractivity contribution in [1.82, 2.24) is 15.0 Å². The van der Waals surface area contributed by atoms with Crippen molar-refractivity contribution in [3.05, 3.63) is 66.2 Å². The first-order valence-electron chi connectivity index (χ1n) is 6.94. The first-order valence-corrected chi connectivity index (χ1v) is 6.94. The zero-order valence-electron chi connectivity index (χ0n) is 12.2. The molecule has 22 heavy (non-hydrogen) atoms. The van der Waals surface area contributed by atoms with Crippen LogP contribution in [0.1, 0.15) is 11.5 Å². The summed E-state index contributed by atoms with van der Waals surface area (Å²) in [5.41, 5.74) is 2.50. The summed E-state index contributed by atoms with van der Waals surface area (Å²) in [6, 6.07) is 17.5. The van der Waals surface area contributed by atoms with Crippen LogP contribution in [0.25, 0.3) is 11.3 Å². The van der Waals surface area contributed by atoms with Crippen molar-refractivity contribution in [1.29, 1.82) is 5.26 Å². The average Bonchev–Trinajstić information content (AvgIpc) is 3.04. The van der Waals surface area contributed by atoms with E-state index in [1.807, 2.05) is 60.6 Å². The Bertz CT molecular complexity index is 801. The van der Waals surface area contributed by atoms with Crippen molar-refractivity contribution in [2.24, 2.45) is 0 Å².